The summed E-state index contributed by atoms with van der Waals surface area (Å²) in [5.74, 6) is 0.0934. The molecule has 6 nitrogen and oxygen atoms in total. The molecule has 0 unspecified atom stereocenters. The molecule has 150 valence electrons. The predicted octanol–water partition coefficient (Wildman–Crippen LogP) is 2.28. The van der Waals surface area contributed by atoms with E-state index in [4.69, 9.17) is 0 Å². The summed E-state index contributed by atoms with van der Waals surface area (Å²) in [5, 5.41) is 2.72. The first kappa shape index (κ1) is 21.2. The lowest BCUT2D eigenvalue weighted by Gasteiger charge is -2.34. The van der Waals surface area contributed by atoms with E-state index in [9.17, 15) is 18.0 Å². The minimum atomic E-state index is -3.15. The summed E-state index contributed by atoms with van der Waals surface area (Å²) < 4.78 is 24.5. The first-order valence-corrected chi connectivity index (χ1v) is 11.9. The van der Waals surface area contributed by atoms with Crippen LogP contribution < -0.4 is 5.32 Å². The van der Waals surface area contributed by atoms with Crippen molar-refractivity contribution in [1.82, 2.24) is 10.2 Å². The van der Waals surface area contributed by atoms with Gasteiger partial charge in [-0.05, 0) is 38.5 Å². The van der Waals surface area contributed by atoms with Crippen molar-refractivity contribution in [1.29, 1.82) is 0 Å². The van der Waals surface area contributed by atoms with E-state index in [0.29, 0.717) is 13.1 Å². The standard InChI is InChI=1S/C19H34N2O4S/c1-3-15(4-2)19(23)21-12-9-16(10-13-21)20-18(22)11-14-26(24,25)17-7-5-6-8-17/h15-17H,3-14H2,1-2H3,(H,20,22). The van der Waals surface area contributed by atoms with Crippen LogP contribution in [-0.2, 0) is 19.4 Å². The smallest absolute Gasteiger partial charge is 0.225 e. The van der Waals surface area contributed by atoms with Gasteiger partial charge in [0, 0.05) is 31.5 Å². The zero-order valence-electron chi connectivity index (χ0n) is 16.2. The molecule has 0 spiro atoms. The van der Waals surface area contributed by atoms with Crippen LogP contribution >= 0.6 is 0 Å². The van der Waals surface area contributed by atoms with Crippen LogP contribution in [0.5, 0.6) is 0 Å². The van der Waals surface area contributed by atoms with Crippen LogP contribution in [-0.4, -0.2) is 55.3 Å². The lowest BCUT2D eigenvalue weighted by Crippen LogP contribution is -2.48. The van der Waals surface area contributed by atoms with Gasteiger partial charge in [-0.2, -0.15) is 0 Å². The average Bonchev–Trinajstić information content (AvgIpc) is 3.17. The molecule has 2 fully saturated rings. The van der Waals surface area contributed by atoms with Gasteiger partial charge in [0.05, 0.1) is 11.0 Å². The molecule has 2 rings (SSSR count). The molecule has 7 heteroatoms. The zero-order valence-corrected chi connectivity index (χ0v) is 17.0. The highest BCUT2D eigenvalue weighted by molar-refractivity contribution is 7.92. The summed E-state index contributed by atoms with van der Waals surface area (Å²) in [5.41, 5.74) is 0. The molecule has 0 bridgehead atoms. The van der Waals surface area contributed by atoms with E-state index in [1.54, 1.807) is 0 Å². The minimum Gasteiger partial charge on any atom is -0.353 e. The van der Waals surface area contributed by atoms with Gasteiger partial charge in [0.25, 0.3) is 0 Å². The van der Waals surface area contributed by atoms with E-state index in [-0.39, 0.29) is 41.2 Å². The van der Waals surface area contributed by atoms with Crippen LogP contribution in [0.3, 0.4) is 0 Å². The number of rotatable bonds is 8. The van der Waals surface area contributed by atoms with E-state index >= 15 is 0 Å². The van der Waals surface area contributed by atoms with Crippen molar-refractivity contribution in [2.45, 2.75) is 82.9 Å². The Hall–Kier alpha value is -1.11. The molecule has 1 saturated heterocycles. The number of sulfone groups is 1. The van der Waals surface area contributed by atoms with Crippen molar-refractivity contribution < 1.29 is 18.0 Å². The topological polar surface area (TPSA) is 83.6 Å². The fourth-order valence-electron chi connectivity index (χ4n) is 4.09. The normalized spacial score (nSPS) is 19.9. The van der Waals surface area contributed by atoms with E-state index in [1.807, 2.05) is 18.7 Å². The van der Waals surface area contributed by atoms with Crippen LogP contribution in [0.25, 0.3) is 0 Å². The number of nitrogens with zero attached hydrogens (tertiary/aromatic N) is 1. The van der Waals surface area contributed by atoms with E-state index in [2.05, 4.69) is 5.32 Å². The number of nitrogens with one attached hydrogen (secondary N) is 1. The number of carbonyl (C=O) groups excluding carboxylic acids is 2. The third-order valence-electron chi connectivity index (χ3n) is 5.93. The fourth-order valence-corrected chi connectivity index (χ4v) is 5.94. The Morgan fingerprint density at radius 3 is 2.15 bits per heavy atom. The Morgan fingerprint density at radius 1 is 1.04 bits per heavy atom. The Bertz CT molecular complexity index is 572. The first-order chi connectivity index (χ1) is 12.4. The number of amides is 2. The van der Waals surface area contributed by atoms with Crippen LogP contribution in [0.1, 0.15) is 71.6 Å². The Morgan fingerprint density at radius 2 is 1.62 bits per heavy atom. The molecule has 0 aromatic rings. The summed E-state index contributed by atoms with van der Waals surface area (Å²) in [6.45, 7) is 5.42. The molecule has 0 atom stereocenters. The van der Waals surface area contributed by atoms with E-state index < -0.39 is 9.84 Å². The summed E-state index contributed by atoms with van der Waals surface area (Å²) in [6, 6.07) is 0.0439. The van der Waals surface area contributed by atoms with E-state index in [1.165, 1.54) is 0 Å². The Kier molecular flexibility index (Phi) is 7.92. The Balaban J connectivity index is 1.71. The summed E-state index contributed by atoms with van der Waals surface area (Å²) in [7, 11) is -3.15. The molecule has 1 N–H and O–H groups in total. The van der Waals surface area contributed by atoms with Gasteiger partial charge in [-0.3, -0.25) is 9.59 Å². The van der Waals surface area contributed by atoms with Gasteiger partial charge >= 0.3 is 0 Å². The minimum absolute atomic E-state index is 0.0439. The third-order valence-corrected chi connectivity index (χ3v) is 8.19. The predicted molar refractivity (Wildman–Crippen MR) is 102 cm³/mol. The number of piperidine rings is 1. The maximum atomic E-state index is 12.4. The molecule has 1 heterocycles. The van der Waals surface area contributed by atoms with Gasteiger partial charge in [-0.15, -0.1) is 0 Å². The van der Waals surface area contributed by atoms with Gasteiger partial charge in [0.1, 0.15) is 0 Å². The molecule has 2 aliphatic rings. The van der Waals surface area contributed by atoms with Crippen LogP contribution in [0, 0.1) is 5.92 Å². The zero-order chi connectivity index (χ0) is 19.2. The van der Waals surface area contributed by atoms with Gasteiger partial charge < -0.3 is 10.2 Å². The van der Waals surface area contributed by atoms with Gasteiger partial charge in [-0.1, -0.05) is 26.7 Å². The third kappa shape index (κ3) is 5.69. The van der Waals surface area contributed by atoms with Crippen molar-refractivity contribution in [3.63, 3.8) is 0 Å². The molecule has 1 aliphatic carbocycles. The molecule has 0 aromatic heterocycles. The highest BCUT2D eigenvalue weighted by atomic mass is 32.2. The molecule has 26 heavy (non-hydrogen) atoms. The summed E-state index contributed by atoms with van der Waals surface area (Å²) in [6.07, 6.45) is 6.70. The lowest BCUT2D eigenvalue weighted by molar-refractivity contribution is -0.137. The van der Waals surface area contributed by atoms with Gasteiger partial charge in [0.2, 0.25) is 11.8 Å². The van der Waals surface area contributed by atoms with Crippen LogP contribution in [0.4, 0.5) is 0 Å². The maximum absolute atomic E-state index is 12.4. The molecule has 2 amide bonds. The molecule has 1 saturated carbocycles. The molecule has 0 aromatic carbocycles. The van der Waals surface area contributed by atoms with Crippen molar-refractivity contribution in [2.24, 2.45) is 5.92 Å². The molecular formula is C19H34N2O4S. The van der Waals surface area contributed by atoms with Gasteiger partial charge in [-0.25, -0.2) is 8.42 Å². The van der Waals surface area contributed by atoms with Gasteiger partial charge in [0.15, 0.2) is 9.84 Å². The monoisotopic (exact) mass is 386 g/mol. The maximum Gasteiger partial charge on any atom is 0.225 e. The number of carbonyl (C=O) groups is 2. The van der Waals surface area contributed by atoms with Crippen molar-refractivity contribution >= 4 is 21.7 Å². The second-order valence-electron chi connectivity index (χ2n) is 7.70. The number of likely N-dealkylation sites (tertiary alicyclic amines) is 1. The SMILES string of the molecule is CCC(CC)C(=O)N1CCC(NC(=O)CCS(=O)(=O)C2CCCC2)CC1. The summed E-state index contributed by atoms with van der Waals surface area (Å²) in [4.78, 5) is 26.4. The summed E-state index contributed by atoms with van der Waals surface area (Å²) >= 11 is 0. The van der Waals surface area contributed by atoms with Crippen molar-refractivity contribution in [2.75, 3.05) is 18.8 Å². The second kappa shape index (κ2) is 9.72. The van der Waals surface area contributed by atoms with Crippen molar-refractivity contribution in [3.05, 3.63) is 0 Å². The largest absolute Gasteiger partial charge is 0.353 e. The van der Waals surface area contributed by atoms with Crippen LogP contribution in [0.15, 0.2) is 0 Å². The quantitative estimate of drug-likeness (QED) is 0.694. The molecular weight excluding hydrogens is 352 g/mol. The lowest BCUT2D eigenvalue weighted by atomic mass is 9.98. The van der Waals surface area contributed by atoms with E-state index in [0.717, 1.165) is 51.4 Å². The average molecular weight is 387 g/mol. The Labute approximate surface area is 158 Å². The highest BCUT2D eigenvalue weighted by Gasteiger charge is 2.30. The fraction of sp³-hybridized carbons (Fsp3) is 0.895. The number of hydrogen-bond donors (Lipinski definition) is 1. The molecule has 0 radical (unpaired) electrons. The number of hydrogen-bond acceptors (Lipinski definition) is 4. The van der Waals surface area contributed by atoms with Crippen LogP contribution in [0.2, 0.25) is 0 Å². The molecule has 1 aliphatic heterocycles. The highest BCUT2D eigenvalue weighted by Crippen LogP contribution is 2.25. The van der Waals surface area contributed by atoms with Crippen molar-refractivity contribution in [3.8, 4) is 0 Å². The first-order valence-electron chi connectivity index (χ1n) is 10.2. The second-order valence-corrected chi connectivity index (χ2v) is 10.1.